The number of aromatic nitrogens is 6. The number of nitrogens with zero attached hydrogens (tertiary/aromatic N) is 10. The molecule has 10 heteroatoms. The zero-order valence-electron chi connectivity index (χ0n) is 39.8. The van der Waals surface area contributed by atoms with Crippen LogP contribution in [0.2, 0.25) is 0 Å². The van der Waals surface area contributed by atoms with Crippen LogP contribution in [0.4, 0.5) is 0 Å². The summed E-state index contributed by atoms with van der Waals surface area (Å²) < 4.78 is 2.21. The van der Waals surface area contributed by atoms with Gasteiger partial charge in [-0.2, -0.15) is 21.0 Å². The van der Waals surface area contributed by atoms with Crippen LogP contribution in [-0.4, -0.2) is 29.5 Å². The standard InChI is InChI=1S/C65H36N10/c66-37-41-27-42(38-67)30-52(29-41)49-21-24-54-55-25-22-50(53-31-43(39-68)28-44(32-53)40-69)35-61(55)75(60(54)34-49)59-26-23-51(65-73-63(47-17-9-3-10-18-47)72-64(74-65)48-19-11-4-12-20-48)33-56(59)58-36-57(45-13-5-1-6-14-45)70-62(71-58)46-15-7-2-8-16-46/h1-36H. The predicted octanol–water partition coefficient (Wildman–Crippen LogP) is 14.6. The third-order valence-corrected chi connectivity index (χ3v) is 13.1. The fraction of sp³-hybridized carbons (Fsp3) is 0. The molecule has 12 aromatic rings. The summed E-state index contributed by atoms with van der Waals surface area (Å²) in [6, 6.07) is 79.4. The van der Waals surface area contributed by atoms with Crippen molar-refractivity contribution in [3.8, 4) is 120 Å². The Morgan fingerprint density at radius 1 is 0.280 bits per heavy atom. The molecule has 0 aliphatic rings. The van der Waals surface area contributed by atoms with Crippen LogP contribution in [-0.2, 0) is 0 Å². The Hall–Kier alpha value is -11.2. The minimum atomic E-state index is 0.375. The van der Waals surface area contributed by atoms with E-state index in [0.29, 0.717) is 67.9 Å². The second-order valence-corrected chi connectivity index (χ2v) is 17.8. The third kappa shape index (κ3) is 8.66. The van der Waals surface area contributed by atoms with E-state index in [2.05, 4.69) is 65.2 Å². The Morgan fingerprint density at radius 3 is 1.08 bits per heavy atom. The molecule has 0 bridgehead atoms. The summed E-state index contributed by atoms with van der Waals surface area (Å²) >= 11 is 0. The molecule has 0 radical (unpaired) electrons. The number of hydrogen-bond donors (Lipinski definition) is 0. The van der Waals surface area contributed by atoms with Crippen LogP contribution in [0.25, 0.3) is 118 Å². The molecule has 3 heterocycles. The van der Waals surface area contributed by atoms with Crippen molar-refractivity contribution in [1.82, 2.24) is 29.5 Å². The van der Waals surface area contributed by atoms with Gasteiger partial charge in [-0.15, -0.1) is 0 Å². The number of benzene rings is 9. The Bertz CT molecular complexity index is 4080. The van der Waals surface area contributed by atoms with Gasteiger partial charge < -0.3 is 4.57 Å². The van der Waals surface area contributed by atoms with Crippen LogP contribution in [0.15, 0.2) is 218 Å². The van der Waals surface area contributed by atoms with E-state index in [0.717, 1.165) is 72.1 Å². The lowest BCUT2D eigenvalue weighted by Gasteiger charge is -2.17. The molecule has 0 N–H and O–H groups in total. The molecule has 346 valence electrons. The van der Waals surface area contributed by atoms with Crippen LogP contribution in [0, 0.1) is 45.3 Å². The SMILES string of the molecule is N#Cc1cc(C#N)cc(-c2ccc3c4ccc(-c5cc(C#N)cc(C#N)c5)cc4n(-c4ccc(-c5nc(-c6ccccc6)nc(-c6ccccc6)n5)cc4-c4cc(-c5ccccc5)nc(-c5ccccc5)n4)c3c2)c1. The zero-order valence-corrected chi connectivity index (χ0v) is 39.8. The van der Waals surface area contributed by atoms with Crippen LogP contribution in [0.3, 0.4) is 0 Å². The fourth-order valence-corrected chi connectivity index (χ4v) is 9.56. The highest BCUT2D eigenvalue weighted by Gasteiger charge is 2.23. The molecule has 0 aliphatic carbocycles. The first-order valence-corrected chi connectivity index (χ1v) is 23.9. The second-order valence-electron chi connectivity index (χ2n) is 17.8. The maximum absolute atomic E-state index is 10.0. The van der Waals surface area contributed by atoms with Gasteiger partial charge in [-0.25, -0.2) is 24.9 Å². The monoisotopic (exact) mass is 956 g/mol. The number of rotatable bonds is 9. The molecular weight excluding hydrogens is 921 g/mol. The average Bonchev–Trinajstić information content (AvgIpc) is 3.82. The van der Waals surface area contributed by atoms with Crippen LogP contribution in [0.5, 0.6) is 0 Å². The fourth-order valence-electron chi connectivity index (χ4n) is 9.56. The molecule has 75 heavy (non-hydrogen) atoms. The van der Waals surface area contributed by atoms with Crippen molar-refractivity contribution < 1.29 is 0 Å². The lowest BCUT2D eigenvalue weighted by atomic mass is 9.98. The van der Waals surface area contributed by atoms with Gasteiger partial charge in [0.15, 0.2) is 23.3 Å². The molecule has 0 fully saturated rings. The molecule has 12 rings (SSSR count). The first-order valence-electron chi connectivity index (χ1n) is 23.9. The van der Waals surface area contributed by atoms with Gasteiger partial charge in [-0.3, -0.25) is 0 Å². The van der Waals surface area contributed by atoms with Crippen molar-refractivity contribution in [2.24, 2.45) is 0 Å². The van der Waals surface area contributed by atoms with Crippen molar-refractivity contribution in [3.05, 3.63) is 241 Å². The van der Waals surface area contributed by atoms with Gasteiger partial charge in [-0.05, 0) is 95.1 Å². The summed E-state index contributed by atoms with van der Waals surface area (Å²) in [6.45, 7) is 0. The molecule has 0 spiro atoms. The molecule has 0 unspecified atom stereocenters. The van der Waals surface area contributed by atoms with Crippen molar-refractivity contribution >= 4 is 21.8 Å². The van der Waals surface area contributed by atoms with Gasteiger partial charge >= 0.3 is 0 Å². The maximum Gasteiger partial charge on any atom is 0.164 e. The molecule has 3 aromatic heterocycles. The summed E-state index contributed by atoms with van der Waals surface area (Å²) in [5.74, 6) is 2.03. The van der Waals surface area contributed by atoms with Crippen molar-refractivity contribution in [2.75, 3.05) is 0 Å². The first kappa shape index (κ1) is 45.0. The van der Waals surface area contributed by atoms with E-state index in [-0.39, 0.29) is 0 Å². The molecule has 0 aliphatic heterocycles. The second kappa shape index (κ2) is 19.2. The lowest BCUT2D eigenvalue weighted by Crippen LogP contribution is -2.03. The molecule has 0 saturated heterocycles. The lowest BCUT2D eigenvalue weighted by molar-refractivity contribution is 1.07. The smallest absolute Gasteiger partial charge is 0.164 e. The molecule has 10 nitrogen and oxygen atoms in total. The molecule has 0 saturated carbocycles. The normalized spacial score (nSPS) is 10.9. The van der Waals surface area contributed by atoms with Gasteiger partial charge in [0.05, 0.1) is 74.6 Å². The Balaban J connectivity index is 1.19. The van der Waals surface area contributed by atoms with Gasteiger partial charge in [-0.1, -0.05) is 146 Å². The van der Waals surface area contributed by atoms with Gasteiger partial charge in [0.25, 0.3) is 0 Å². The molecule has 0 amide bonds. The molecule has 0 atom stereocenters. The first-order chi connectivity index (χ1) is 36.9. The van der Waals surface area contributed by atoms with Gasteiger partial charge in [0, 0.05) is 44.2 Å². The average molecular weight is 957 g/mol. The Morgan fingerprint density at radius 2 is 0.653 bits per heavy atom. The summed E-state index contributed by atoms with van der Waals surface area (Å²) in [7, 11) is 0. The number of fused-ring (bicyclic) bond motifs is 3. The molecular formula is C65H36N10. The van der Waals surface area contributed by atoms with E-state index in [1.165, 1.54) is 0 Å². The quantitative estimate of drug-likeness (QED) is 0.137. The van der Waals surface area contributed by atoms with Crippen LogP contribution < -0.4 is 0 Å². The third-order valence-electron chi connectivity index (χ3n) is 13.1. The highest BCUT2D eigenvalue weighted by atomic mass is 15.0. The highest BCUT2D eigenvalue weighted by molar-refractivity contribution is 6.12. The van der Waals surface area contributed by atoms with E-state index in [1.54, 1.807) is 36.4 Å². The number of nitriles is 4. The zero-order chi connectivity index (χ0) is 50.8. The van der Waals surface area contributed by atoms with E-state index in [1.807, 2.05) is 146 Å². The maximum atomic E-state index is 10.0. The van der Waals surface area contributed by atoms with E-state index in [9.17, 15) is 21.0 Å². The van der Waals surface area contributed by atoms with E-state index >= 15 is 0 Å². The van der Waals surface area contributed by atoms with Crippen LogP contribution >= 0.6 is 0 Å². The summed E-state index contributed by atoms with van der Waals surface area (Å²) in [5.41, 5.74) is 13.2. The minimum absolute atomic E-state index is 0.375. The number of hydrogen-bond acceptors (Lipinski definition) is 9. The highest BCUT2D eigenvalue weighted by Crippen LogP contribution is 2.42. The Kier molecular flexibility index (Phi) is 11.5. The summed E-state index contributed by atoms with van der Waals surface area (Å²) in [5, 5.41) is 42.0. The van der Waals surface area contributed by atoms with E-state index in [4.69, 9.17) is 24.9 Å². The minimum Gasteiger partial charge on any atom is -0.309 e. The topological polar surface area (TPSA) is 165 Å². The summed E-state index contributed by atoms with van der Waals surface area (Å²) in [6.07, 6.45) is 0. The largest absolute Gasteiger partial charge is 0.309 e. The van der Waals surface area contributed by atoms with Crippen molar-refractivity contribution in [2.45, 2.75) is 0 Å². The summed E-state index contributed by atoms with van der Waals surface area (Å²) in [4.78, 5) is 25.9. The van der Waals surface area contributed by atoms with E-state index < -0.39 is 0 Å². The Labute approximate surface area is 431 Å². The van der Waals surface area contributed by atoms with Gasteiger partial charge in [0.1, 0.15) is 0 Å². The van der Waals surface area contributed by atoms with Crippen molar-refractivity contribution in [3.63, 3.8) is 0 Å². The van der Waals surface area contributed by atoms with Crippen LogP contribution in [0.1, 0.15) is 22.3 Å². The molecule has 9 aromatic carbocycles. The van der Waals surface area contributed by atoms with Crippen molar-refractivity contribution in [1.29, 1.82) is 21.0 Å². The predicted molar refractivity (Wildman–Crippen MR) is 292 cm³/mol. The van der Waals surface area contributed by atoms with Gasteiger partial charge in [0.2, 0.25) is 0 Å².